The molecule has 0 heterocycles. The molecule has 5 unspecified atom stereocenters. The monoisotopic (exact) mass is 236 g/mol. The molecule has 2 nitrogen and oxygen atoms in total. The first-order valence-corrected chi connectivity index (χ1v) is 6.79. The van der Waals surface area contributed by atoms with Gasteiger partial charge in [-0.05, 0) is 31.6 Å². The van der Waals surface area contributed by atoms with E-state index in [0.717, 1.165) is 24.8 Å². The summed E-state index contributed by atoms with van der Waals surface area (Å²) in [5.41, 5.74) is 0.267. The Morgan fingerprint density at radius 3 is 2.65 bits per heavy atom. The third-order valence-electron chi connectivity index (χ3n) is 5.21. The predicted octanol–water partition coefficient (Wildman–Crippen LogP) is 2.95. The van der Waals surface area contributed by atoms with E-state index >= 15 is 0 Å². The van der Waals surface area contributed by atoms with Crippen molar-refractivity contribution in [1.29, 1.82) is 0 Å². The van der Waals surface area contributed by atoms with Gasteiger partial charge in [-0.1, -0.05) is 32.4 Å². The van der Waals surface area contributed by atoms with Gasteiger partial charge < -0.3 is 5.11 Å². The summed E-state index contributed by atoms with van der Waals surface area (Å²) in [6, 6.07) is 0. The Kier molecular flexibility index (Phi) is 3.19. The molecule has 2 fully saturated rings. The molecule has 2 aliphatic carbocycles. The van der Waals surface area contributed by atoms with Gasteiger partial charge in [0.25, 0.3) is 0 Å². The van der Waals surface area contributed by atoms with Crippen LogP contribution in [-0.4, -0.2) is 16.5 Å². The summed E-state index contributed by atoms with van der Waals surface area (Å²) in [5.74, 6) is 0.694. The van der Waals surface area contributed by atoms with Crippen LogP contribution in [0.3, 0.4) is 0 Å². The smallest absolute Gasteiger partial charge is 0.136 e. The van der Waals surface area contributed by atoms with Gasteiger partial charge >= 0.3 is 0 Å². The highest BCUT2D eigenvalue weighted by molar-refractivity contribution is 5.83. The predicted molar refractivity (Wildman–Crippen MR) is 68.5 cm³/mol. The lowest BCUT2D eigenvalue weighted by Gasteiger charge is -2.54. The van der Waals surface area contributed by atoms with Gasteiger partial charge in [0.15, 0.2) is 0 Å². The largest absolute Gasteiger partial charge is 0.389 e. The zero-order chi connectivity index (χ0) is 12.8. The molecule has 0 aromatic heterocycles. The van der Waals surface area contributed by atoms with Crippen molar-refractivity contribution in [2.75, 3.05) is 0 Å². The third kappa shape index (κ3) is 1.77. The van der Waals surface area contributed by atoms with E-state index in [1.807, 2.05) is 13.8 Å². The van der Waals surface area contributed by atoms with Crippen LogP contribution in [0, 0.1) is 23.7 Å². The summed E-state index contributed by atoms with van der Waals surface area (Å²) in [6.45, 7) is 10.1. The van der Waals surface area contributed by atoms with Crippen LogP contribution in [-0.2, 0) is 4.79 Å². The number of carbonyl (C=O) groups is 1. The van der Waals surface area contributed by atoms with Crippen molar-refractivity contribution in [3.8, 4) is 0 Å². The molecule has 0 spiro atoms. The molecule has 0 saturated heterocycles. The van der Waals surface area contributed by atoms with E-state index in [2.05, 4.69) is 13.5 Å². The number of rotatable bonds is 1. The van der Waals surface area contributed by atoms with Crippen LogP contribution in [0.4, 0.5) is 0 Å². The highest BCUT2D eigenvalue weighted by Gasteiger charge is 2.56. The SMILES string of the molecule is C=C(C)C1CC(=O)C(C)C2CCCC(C)C12O. The average molecular weight is 236 g/mol. The molecule has 1 N–H and O–H groups in total. The topological polar surface area (TPSA) is 37.3 Å². The standard InChI is InChI=1S/C15H24O2/c1-9(2)13-8-14(16)11(4)12-7-5-6-10(3)15(12,13)17/h10-13,17H,1,5-8H2,2-4H3. The van der Waals surface area contributed by atoms with Gasteiger partial charge in [-0.15, -0.1) is 0 Å². The first kappa shape index (κ1) is 12.8. The lowest BCUT2D eigenvalue weighted by molar-refractivity contribution is -0.170. The van der Waals surface area contributed by atoms with Crippen LogP contribution >= 0.6 is 0 Å². The molecule has 0 radical (unpaired) electrons. The van der Waals surface area contributed by atoms with E-state index in [0.29, 0.717) is 12.2 Å². The van der Waals surface area contributed by atoms with E-state index < -0.39 is 5.60 Å². The van der Waals surface area contributed by atoms with E-state index in [1.165, 1.54) is 0 Å². The Morgan fingerprint density at radius 2 is 2.06 bits per heavy atom. The Hall–Kier alpha value is -0.630. The number of hydrogen-bond acceptors (Lipinski definition) is 2. The Morgan fingerprint density at radius 1 is 1.41 bits per heavy atom. The first-order chi connectivity index (χ1) is 7.89. The van der Waals surface area contributed by atoms with Crippen LogP contribution in [0.25, 0.3) is 0 Å². The second-order valence-corrected chi connectivity index (χ2v) is 6.18. The van der Waals surface area contributed by atoms with Crippen LogP contribution in [0.1, 0.15) is 46.5 Å². The molecule has 5 atom stereocenters. The molecule has 2 aliphatic rings. The van der Waals surface area contributed by atoms with Crippen molar-refractivity contribution >= 4 is 5.78 Å². The summed E-state index contributed by atoms with van der Waals surface area (Å²) >= 11 is 0. The van der Waals surface area contributed by atoms with Gasteiger partial charge in [0.2, 0.25) is 0 Å². The number of hydrogen-bond donors (Lipinski definition) is 1. The molecule has 0 aliphatic heterocycles. The van der Waals surface area contributed by atoms with Crippen molar-refractivity contribution in [1.82, 2.24) is 0 Å². The zero-order valence-electron chi connectivity index (χ0n) is 11.2. The first-order valence-electron chi connectivity index (χ1n) is 6.79. The van der Waals surface area contributed by atoms with Crippen molar-refractivity contribution < 1.29 is 9.90 Å². The van der Waals surface area contributed by atoms with Gasteiger partial charge in [-0.2, -0.15) is 0 Å². The summed E-state index contributed by atoms with van der Waals surface area (Å²) in [7, 11) is 0. The lowest BCUT2D eigenvalue weighted by Crippen LogP contribution is -2.59. The van der Waals surface area contributed by atoms with Gasteiger partial charge in [0.05, 0.1) is 5.60 Å². The van der Waals surface area contributed by atoms with Crippen molar-refractivity contribution in [3.05, 3.63) is 12.2 Å². The number of fused-ring (bicyclic) bond motifs is 1. The van der Waals surface area contributed by atoms with Gasteiger partial charge in [0.1, 0.15) is 5.78 Å². The third-order valence-corrected chi connectivity index (χ3v) is 5.21. The average Bonchev–Trinajstić information content (AvgIpc) is 2.26. The summed E-state index contributed by atoms with van der Waals surface area (Å²) in [6.07, 6.45) is 3.66. The fraction of sp³-hybridized carbons (Fsp3) is 0.800. The molecule has 2 rings (SSSR count). The zero-order valence-corrected chi connectivity index (χ0v) is 11.2. The summed E-state index contributed by atoms with van der Waals surface area (Å²) < 4.78 is 0. The number of ketones is 1. The second-order valence-electron chi connectivity index (χ2n) is 6.18. The molecule has 0 aromatic rings. The van der Waals surface area contributed by atoms with Crippen molar-refractivity contribution in [2.24, 2.45) is 23.7 Å². The minimum atomic E-state index is -0.697. The Labute approximate surface area is 104 Å². The van der Waals surface area contributed by atoms with Gasteiger partial charge in [0, 0.05) is 18.3 Å². The fourth-order valence-electron chi connectivity index (χ4n) is 4.07. The van der Waals surface area contributed by atoms with E-state index in [-0.39, 0.29) is 23.7 Å². The molecule has 96 valence electrons. The van der Waals surface area contributed by atoms with Crippen LogP contribution in [0.2, 0.25) is 0 Å². The number of Topliss-reactive ketones (excluding diaryl/α,β-unsaturated/α-hetero) is 1. The second kappa shape index (κ2) is 4.24. The molecular weight excluding hydrogens is 212 g/mol. The van der Waals surface area contributed by atoms with E-state index in [4.69, 9.17) is 0 Å². The molecular formula is C15H24O2. The Bertz CT molecular complexity index is 347. The fourth-order valence-corrected chi connectivity index (χ4v) is 4.07. The molecule has 2 heteroatoms. The molecule has 2 saturated carbocycles. The molecule has 0 amide bonds. The highest BCUT2D eigenvalue weighted by atomic mass is 16.3. The van der Waals surface area contributed by atoms with E-state index in [9.17, 15) is 9.90 Å². The van der Waals surface area contributed by atoms with Crippen LogP contribution in [0.15, 0.2) is 12.2 Å². The number of aliphatic hydroxyl groups is 1. The molecule has 0 bridgehead atoms. The van der Waals surface area contributed by atoms with Crippen molar-refractivity contribution in [2.45, 2.75) is 52.1 Å². The summed E-state index contributed by atoms with van der Waals surface area (Å²) in [4.78, 5) is 12.1. The number of carbonyl (C=O) groups excluding carboxylic acids is 1. The maximum Gasteiger partial charge on any atom is 0.136 e. The normalized spacial score (nSPS) is 46.5. The van der Waals surface area contributed by atoms with Gasteiger partial charge in [-0.25, -0.2) is 0 Å². The lowest BCUT2D eigenvalue weighted by atomic mass is 9.53. The van der Waals surface area contributed by atoms with Crippen LogP contribution in [0.5, 0.6) is 0 Å². The summed E-state index contributed by atoms with van der Waals surface area (Å²) in [5, 5.41) is 11.2. The van der Waals surface area contributed by atoms with Crippen LogP contribution < -0.4 is 0 Å². The maximum atomic E-state index is 12.1. The Balaban J connectivity index is 2.42. The van der Waals surface area contributed by atoms with Gasteiger partial charge in [-0.3, -0.25) is 4.79 Å². The molecule has 17 heavy (non-hydrogen) atoms. The maximum absolute atomic E-state index is 12.1. The van der Waals surface area contributed by atoms with Crippen molar-refractivity contribution in [3.63, 3.8) is 0 Å². The minimum Gasteiger partial charge on any atom is -0.389 e. The highest BCUT2D eigenvalue weighted by Crippen LogP contribution is 2.52. The quantitative estimate of drug-likeness (QED) is 0.711. The minimum absolute atomic E-state index is 0.0124. The van der Waals surface area contributed by atoms with E-state index in [1.54, 1.807) is 0 Å². The molecule has 0 aromatic carbocycles.